The molecule has 0 aromatic carbocycles. The van der Waals surface area contributed by atoms with Crippen LogP contribution in [0.4, 0.5) is 0 Å². The van der Waals surface area contributed by atoms with Crippen molar-refractivity contribution in [3.8, 4) is 0 Å². The predicted molar refractivity (Wildman–Crippen MR) is 142 cm³/mol. The predicted octanol–water partition coefficient (Wildman–Crippen LogP) is 5.60. The summed E-state index contributed by atoms with van der Waals surface area (Å²) >= 11 is 0. The Hall–Kier alpha value is -2.66. The highest BCUT2D eigenvalue weighted by Gasteiger charge is 2.34. The molecule has 0 unspecified atom stereocenters. The standard InChI is InChI=1S/C30H43NO4/c1-20-11-10-13-27(33)35-29(23(4)28(34)24(5)31-25(6)32)22(3)15-14-21(2)19-26-12-8-9-17-30(26,7)18-16-20/h8,10-16,18-19,22-24,26,28-29,34H,9,17H2,1-7H3,(H,31,32)/b13-10+,15-14+,18-16+,20-11-,21-19+/t22-,23-,24-,26-,28+,29-,30+/m1/s1. The van der Waals surface area contributed by atoms with Crippen LogP contribution in [0.3, 0.4) is 0 Å². The molecule has 0 spiro atoms. The van der Waals surface area contributed by atoms with Crippen molar-refractivity contribution in [2.75, 3.05) is 0 Å². The average molecular weight is 482 g/mol. The van der Waals surface area contributed by atoms with Crippen LogP contribution in [-0.2, 0) is 14.3 Å². The topological polar surface area (TPSA) is 75.6 Å². The quantitative estimate of drug-likeness (QED) is 0.405. The van der Waals surface area contributed by atoms with Gasteiger partial charge in [0, 0.05) is 30.8 Å². The van der Waals surface area contributed by atoms with Crippen molar-refractivity contribution in [3.63, 3.8) is 0 Å². The first kappa shape index (κ1) is 28.6. The van der Waals surface area contributed by atoms with Gasteiger partial charge in [0.25, 0.3) is 0 Å². The number of fused-ring (bicyclic) bond motifs is 1. The number of amides is 1. The van der Waals surface area contributed by atoms with Gasteiger partial charge in [0.15, 0.2) is 0 Å². The smallest absolute Gasteiger partial charge is 0.331 e. The van der Waals surface area contributed by atoms with E-state index in [1.165, 1.54) is 13.0 Å². The lowest BCUT2D eigenvalue weighted by Crippen LogP contribution is -2.48. The number of hydrogen-bond donors (Lipinski definition) is 2. The van der Waals surface area contributed by atoms with Gasteiger partial charge in [-0.3, -0.25) is 4.79 Å². The van der Waals surface area contributed by atoms with E-state index >= 15 is 0 Å². The minimum atomic E-state index is -0.876. The summed E-state index contributed by atoms with van der Waals surface area (Å²) in [7, 11) is 0. The molecule has 7 atom stereocenters. The Balaban J connectivity index is 2.43. The zero-order chi connectivity index (χ0) is 26.2. The highest BCUT2D eigenvalue weighted by atomic mass is 16.5. The van der Waals surface area contributed by atoms with Crippen LogP contribution >= 0.6 is 0 Å². The van der Waals surface area contributed by atoms with Crippen molar-refractivity contribution < 1.29 is 19.4 Å². The summed E-state index contributed by atoms with van der Waals surface area (Å²) in [6.45, 7) is 13.4. The Morgan fingerprint density at radius 3 is 2.57 bits per heavy atom. The van der Waals surface area contributed by atoms with Crippen LogP contribution in [0.2, 0.25) is 0 Å². The molecule has 0 radical (unpaired) electrons. The maximum atomic E-state index is 12.7. The number of aliphatic hydroxyl groups excluding tert-OH is 1. The number of rotatable bonds is 4. The Bertz CT molecular complexity index is 938. The van der Waals surface area contributed by atoms with E-state index in [9.17, 15) is 14.7 Å². The summed E-state index contributed by atoms with van der Waals surface area (Å²) in [6, 6.07) is -0.469. The molecule has 5 nitrogen and oxygen atoms in total. The molecule has 2 rings (SSSR count). The van der Waals surface area contributed by atoms with Crippen molar-refractivity contribution >= 4 is 11.9 Å². The zero-order valence-electron chi connectivity index (χ0n) is 22.3. The molecule has 0 saturated heterocycles. The Morgan fingerprint density at radius 2 is 1.89 bits per heavy atom. The third kappa shape index (κ3) is 8.50. The average Bonchev–Trinajstić information content (AvgIpc) is 2.79. The van der Waals surface area contributed by atoms with Crippen LogP contribution in [-0.4, -0.2) is 35.2 Å². The lowest BCUT2D eigenvalue weighted by atomic mass is 9.69. The number of carbonyl (C=O) groups is 2. The molecule has 0 fully saturated rings. The second-order valence-electron chi connectivity index (χ2n) is 10.5. The molecular formula is C30H43NO4. The molecule has 0 aromatic heterocycles. The van der Waals surface area contributed by atoms with E-state index in [2.05, 4.69) is 55.6 Å². The number of nitrogens with one attached hydrogen (secondary N) is 1. The van der Waals surface area contributed by atoms with Gasteiger partial charge in [0.1, 0.15) is 6.10 Å². The first-order valence-corrected chi connectivity index (χ1v) is 12.7. The van der Waals surface area contributed by atoms with Crippen LogP contribution in [0.1, 0.15) is 61.3 Å². The maximum Gasteiger partial charge on any atom is 0.331 e. The molecule has 0 aromatic rings. The summed E-state index contributed by atoms with van der Waals surface area (Å²) in [5, 5.41) is 13.6. The van der Waals surface area contributed by atoms with Crippen molar-refractivity contribution in [1.82, 2.24) is 5.32 Å². The monoisotopic (exact) mass is 481 g/mol. The third-order valence-corrected chi connectivity index (χ3v) is 7.15. The highest BCUT2D eigenvalue weighted by molar-refractivity contribution is 5.82. The van der Waals surface area contributed by atoms with E-state index in [0.29, 0.717) is 0 Å². The molecule has 2 N–H and O–H groups in total. The summed E-state index contributed by atoms with van der Waals surface area (Å²) in [5.41, 5.74) is 2.21. The Morgan fingerprint density at radius 1 is 1.17 bits per heavy atom. The van der Waals surface area contributed by atoms with Gasteiger partial charge in [0.2, 0.25) is 5.91 Å². The van der Waals surface area contributed by atoms with E-state index < -0.39 is 30.1 Å². The number of carbonyl (C=O) groups excluding carboxylic acids is 2. The third-order valence-electron chi connectivity index (χ3n) is 7.15. The minimum absolute atomic E-state index is 0.0191. The van der Waals surface area contributed by atoms with Gasteiger partial charge < -0.3 is 15.2 Å². The molecular weight excluding hydrogens is 438 g/mol. The molecule has 1 aliphatic carbocycles. The van der Waals surface area contributed by atoms with Gasteiger partial charge in [-0.05, 0) is 39.0 Å². The number of esters is 1. The van der Waals surface area contributed by atoms with E-state index in [1.807, 2.05) is 32.9 Å². The number of hydrogen-bond acceptors (Lipinski definition) is 4. The van der Waals surface area contributed by atoms with Gasteiger partial charge in [-0.2, -0.15) is 0 Å². The molecule has 2 aliphatic rings. The van der Waals surface area contributed by atoms with Gasteiger partial charge in [-0.15, -0.1) is 0 Å². The van der Waals surface area contributed by atoms with E-state index in [0.717, 1.165) is 24.0 Å². The van der Waals surface area contributed by atoms with Crippen LogP contribution < -0.4 is 5.32 Å². The lowest BCUT2D eigenvalue weighted by Gasteiger charge is -2.35. The van der Waals surface area contributed by atoms with Gasteiger partial charge in [-0.25, -0.2) is 4.79 Å². The molecule has 1 aliphatic heterocycles. The number of ether oxygens (including phenoxy) is 1. The molecule has 1 heterocycles. The summed E-state index contributed by atoms with van der Waals surface area (Å²) < 4.78 is 5.85. The normalized spacial score (nSPS) is 36.1. The molecule has 35 heavy (non-hydrogen) atoms. The van der Waals surface area contributed by atoms with Crippen molar-refractivity contribution in [2.24, 2.45) is 23.2 Å². The molecule has 192 valence electrons. The molecule has 0 saturated carbocycles. The Kier molecular flexibility index (Phi) is 10.5. The highest BCUT2D eigenvalue weighted by Crippen LogP contribution is 2.40. The maximum absolute atomic E-state index is 12.7. The second kappa shape index (κ2) is 12.9. The fraction of sp³-hybridized carbons (Fsp3) is 0.533. The SMILES string of the molecule is CC(=O)N[C@H](C)[C@@H](O)[C@@H](C)[C@@H]1OC(=O)/C=C/C=C(C)\C=C\[C@]2(C)CCC=C[C@@H]2/C=C(C)/C=C/[C@H]1C. The first-order chi connectivity index (χ1) is 16.4. The van der Waals surface area contributed by atoms with Crippen molar-refractivity contribution in [3.05, 3.63) is 71.9 Å². The van der Waals surface area contributed by atoms with Gasteiger partial charge in [-0.1, -0.05) is 86.6 Å². The second-order valence-corrected chi connectivity index (χ2v) is 10.5. The molecule has 0 bridgehead atoms. The fourth-order valence-electron chi connectivity index (χ4n) is 4.79. The van der Waals surface area contributed by atoms with E-state index in [1.54, 1.807) is 13.0 Å². The zero-order valence-corrected chi connectivity index (χ0v) is 22.3. The van der Waals surface area contributed by atoms with Crippen LogP contribution in [0, 0.1) is 23.2 Å². The minimum Gasteiger partial charge on any atom is -0.458 e. The Labute approximate surface area is 211 Å². The van der Waals surface area contributed by atoms with Crippen LogP contribution in [0.25, 0.3) is 0 Å². The van der Waals surface area contributed by atoms with Crippen LogP contribution in [0.5, 0.6) is 0 Å². The largest absolute Gasteiger partial charge is 0.458 e. The molecule has 5 heteroatoms. The van der Waals surface area contributed by atoms with Crippen molar-refractivity contribution in [2.45, 2.75) is 79.6 Å². The lowest BCUT2D eigenvalue weighted by molar-refractivity contribution is -0.151. The van der Waals surface area contributed by atoms with Gasteiger partial charge in [0.05, 0.1) is 12.1 Å². The van der Waals surface area contributed by atoms with Crippen LogP contribution in [0.15, 0.2) is 71.9 Å². The summed E-state index contributed by atoms with van der Waals surface area (Å²) in [5.74, 6) is -0.935. The van der Waals surface area contributed by atoms with Gasteiger partial charge >= 0.3 is 5.97 Å². The summed E-state index contributed by atoms with van der Waals surface area (Å²) in [6.07, 6.45) is 21.1. The first-order valence-electron chi connectivity index (χ1n) is 12.7. The van der Waals surface area contributed by atoms with E-state index in [-0.39, 0.29) is 23.2 Å². The number of allylic oxidation sites excluding steroid dienone is 10. The summed E-state index contributed by atoms with van der Waals surface area (Å²) in [4.78, 5) is 24.1. The number of cyclic esters (lactones) is 1. The molecule has 1 amide bonds. The van der Waals surface area contributed by atoms with Crippen molar-refractivity contribution in [1.29, 1.82) is 0 Å². The fourth-order valence-corrected chi connectivity index (χ4v) is 4.79. The number of aliphatic hydroxyl groups is 1. The van der Waals surface area contributed by atoms with E-state index in [4.69, 9.17) is 4.74 Å².